The minimum atomic E-state index is -0.0885. The van der Waals surface area contributed by atoms with Gasteiger partial charge in [-0.15, -0.1) is 12.3 Å². The van der Waals surface area contributed by atoms with E-state index >= 15 is 0 Å². The highest BCUT2D eigenvalue weighted by Gasteiger charge is 2.46. The topological polar surface area (TPSA) is 17.1 Å². The standard InChI is InChI=1S/C8H11OS/c1-2-5-8(10-9)6-3-4-7-8/h1H,3-7H2/q+1. The Kier molecular flexibility index (Phi) is 2.39. The minimum absolute atomic E-state index is 0.0885. The van der Waals surface area contributed by atoms with Crippen LogP contribution in [0.4, 0.5) is 0 Å². The summed E-state index contributed by atoms with van der Waals surface area (Å²) in [5, 5.41) is 0. The largest absolute Gasteiger partial charge is 0.466 e. The smallest absolute Gasteiger partial charge is 0.120 e. The third-order valence-electron chi connectivity index (χ3n) is 2.12. The maximum Gasteiger partial charge on any atom is 0.466 e. The predicted molar refractivity (Wildman–Crippen MR) is 42.7 cm³/mol. The van der Waals surface area contributed by atoms with Crippen LogP contribution in [0.5, 0.6) is 0 Å². The SMILES string of the molecule is C#CCC1([S+]=O)CCCC1. The van der Waals surface area contributed by atoms with Gasteiger partial charge in [0.25, 0.3) is 4.75 Å². The van der Waals surface area contributed by atoms with Gasteiger partial charge in [-0.05, 0) is 12.8 Å². The van der Waals surface area contributed by atoms with E-state index < -0.39 is 0 Å². The molecule has 0 spiro atoms. The van der Waals surface area contributed by atoms with Crippen LogP contribution in [-0.2, 0) is 15.9 Å². The fraction of sp³-hybridized carbons (Fsp3) is 0.750. The van der Waals surface area contributed by atoms with Crippen LogP contribution in [0, 0.1) is 12.3 Å². The van der Waals surface area contributed by atoms with Gasteiger partial charge in [0.05, 0.1) is 6.42 Å². The van der Waals surface area contributed by atoms with Crippen molar-refractivity contribution in [3.05, 3.63) is 0 Å². The van der Waals surface area contributed by atoms with E-state index in [9.17, 15) is 4.21 Å². The fourth-order valence-electron chi connectivity index (χ4n) is 1.49. The summed E-state index contributed by atoms with van der Waals surface area (Å²) in [4.78, 5) is 0. The van der Waals surface area contributed by atoms with Gasteiger partial charge in [-0.2, -0.15) is 0 Å². The number of hydrogen-bond donors (Lipinski definition) is 0. The maximum atomic E-state index is 10.7. The van der Waals surface area contributed by atoms with E-state index in [4.69, 9.17) is 6.42 Å². The van der Waals surface area contributed by atoms with Crippen LogP contribution in [0.3, 0.4) is 0 Å². The summed E-state index contributed by atoms with van der Waals surface area (Å²) in [6.07, 6.45) is 10.2. The van der Waals surface area contributed by atoms with E-state index in [0.717, 1.165) is 12.8 Å². The van der Waals surface area contributed by atoms with E-state index in [-0.39, 0.29) is 4.75 Å². The van der Waals surface area contributed by atoms with Gasteiger partial charge >= 0.3 is 11.7 Å². The first kappa shape index (κ1) is 7.68. The lowest BCUT2D eigenvalue weighted by molar-refractivity contribution is 0.554. The lowest BCUT2D eigenvalue weighted by atomic mass is 10.0. The average molecular weight is 155 g/mol. The molecule has 0 aromatic carbocycles. The molecule has 0 aromatic rings. The second-order valence-electron chi connectivity index (χ2n) is 2.85. The Morgan fingerprint density at radius 2 is 2.10 bits per heavy atom. The summed E-state index contributed by atoms with van der Waals surface area (Å²) in [5.74, 6) is 2.58. The molecule has 2 heteroatoms. The van der Waals surface area contributed by atoms with Gasteiger partial charge in [0.2, 0.25) is 0 Å². The highest BCUT2D eigenvalue weighted by molar-refractivity contribution is 7.67. The van der Waals surface area contributed by atoms with Crippen LogP contribution in [0.2, 0.25) is 0 Å². The van der Waals surface area contributed by atoms with E-state index in [2.05, 4.69) is 5.92 Å². The minimum Gasteiger partial charge on any atom is -0.120 e. The van der Waals surface area contributed by atoms with E-state index in [1.807, 2.05) is 0 Å². The molecule has 1 aliphatic rings. The molecule has 0 aromatic heterocycles. The Morgan fingerprint density at radius 1 is 1.50 bits per heavy atom. The summed E-state index contributed by atoms with van der Waals surface area (Å²) >= 11 is 0.712. The summed E-state index contributed by atoms with van der Waals surface area (Å²) in [5.41, 5.74) is 0. The van der Waals surface area contributed by atoms with Crippen molar-refractivity contribution in [2.75, 3.05) is 0 Å². The molecule has 0 heterocycles. The highest BCUT2D eigenvalue weighted by Crippen LogP contribution is 2.34. The van der Waals surface area contributed by atoms with Gasteiger partial charge in [-0.25, -0.2) is 0 Å². The molecule has 1 rings (SSSR count). The van der Waals surface area contributed by atoms with Gasteiger partial charge < -0.3 is 0 Å². The molecular weight excluding hydrogens is 144 g/mol. The molecule has 0 saturated heterocycles. The van der Waals surface area contributed by atoms with E-state index in [1.165, 1.54) is 12.8 Å². The number of terminal acetylenes is 1. The molecule has 1 aliphatic carbocycles. The first-order chi connectivity index (χ1) is 4.83. The molecule has 0 bridgehead atoms. The van der Waals surface area contributed by atoms with Crippen LogP contribution in [0.1, 0.15) is 32.1 Å². The summed E-state index contributed by atoms with van der Waals surface area (Å²) in [7, 11) is 0. The van der Waals surface area contributed by atoms with Crippen molar-refractivity contribution in [2.45, 2.75) is 36.9 Å². The fourth-order valence-corrected chi connectivity index (χ4v) is 2.09. The molecule has 0 unspecified atom stereocenters. The Labute approximate surface area is 65.7 Å². The van der Waals surface area contributed by atoms with Crippen LogP contribution < -0.4 is 0 Å². The molecule has 1 fully saturated rings. The Morgan fingerprint density at radius 3 is 2.50 bits per heavy atom. The third kappa shape index (κ3) is 1.35. The zero-order chi connectivity index (χ0) is 7.45. The van der Waals surface area contributed by atoms with Gasteiger partial charge in [0.15, 0.2) is 0 Å². The molecule has 10 heavy (non-hydrogen) atoms. The van der Waals surface area contributed by atoms with Gasteiger partial charge in [-0.3, -0.25) is 0 Å². The second kappa shape index (κ2) is 3.12. The predicted octanol–water partition coefficient (Wildman–Crippen LogP) is 1.75. The van der Waals surface area contributed by atoms with Crippen molar-refractivity contribution in [3.8, 4) is 12.3 Å². The van der Waals surface area contributed by atoms with Crippen LogP contribution >= 0.6 is 0 Å². The van der Waals surface area contributed by atoms with Crippen LogP contribution in [0.15, 0.2) is 0 Å². The van der Waals surface area contributed by atoms with Crippen molar-refractivity contribution < 1.29 is 4.21 Å². The molecule has 0 radical (unpaired) electrons. The molecule has 0 amide bonds. The van der Waals surface area contributed by atoms with Crippen molar-refractivity contribution >= 4 is 11.7 Å². The summed E-state index contributed by atoms with van der Waals surface area (Å²) in [6, 6.07) is 0. The lowest BCUT2D eigenvalue weighted by Crippen LogP contribution is -2.21. The Hall–Kier alpha value is -0.420. The monoisotopic (exact) mass is 155 g/mol. The van der Waals surface area contributed by atoms with Crippen molar-refractivity contribution in [1.82, 2.24) is 0 Å². The van der Waals surface area contributed by atoms with Crippen LogP contribution in [0.25, 0.3) is 0 Å². The van der Waals surface area contributed by atoms with Crippen molar-refractivity contribution in [3.63, 3.8) is 0 Å². The highest BCUT2D eigenvalue weighted by atomic mass is 32.1. The first-order valence-corrected chi connectivity index (χ1v) is 4.32. The van der Waals surface area contributed by atoms with E-state index in [1.54, 1.807) is 0 Å². The molecule has 0 aliphatic heterocycles. The van der Waals surface area contributed by atoms with Gasteiger partial charge in [0.1, 0.15) is 0 Å². The van der Waals surface area contributed by atoms with E-state index in [0.29, 0.717) is 18.1 Å². The lowest BCUT2D eigenvalue weighted by Gasteiger charge is -2.02. The molecule has 1 nitrogen and oxygen atoms in total. The molecule has 0 atom stereocenters. The summed E-state index contributed by atoms with van der Waals surface area (Å²) in [6.45, 7) is 0. The van der Waals surface area contributed by atoms with Gasteiger partial charge in [0, 0.05) is 17.1 Å². The second-order valence-corrected chi connectivity index (χ2v) is 3.89. The number of hydrogen-bond acceptors (Lipinski definition) is 1. The third-order valence-corrected chi connectivity index (χ3v) is 3.02. The zero-order valence-electron chi connectivity index (χ0n) is 5.93. The Balaban J connectivity index is 2.59. The zero-order valence-corrected chi connectivity index (χ0v) is 6.75. The quantitative estimate of drug-likeness (QED) is 0.438. The van der Waals surface area contributed by atoms with Crippen LogP contribution in [-0.4, -0.2) is 4.75 Å². The normalized spacial score (nSPS) is 21.9. The van der Waals surface area contributed by atoms with Gasteiger partial charge in [-0.1, -0.05) is 0 Å². The van der Waals surface area contributed by atoms with Crippen molar-refractivity contribution in [1.29, 1.82) is 0 Å². The molecule has 0 N–H and O–H groups in total. The Bertz CT molecular complexity index is 163. The molecule has 54 valence electrons. The van der Waals surface area contributed by atoms with Crippen molar-refractivity contribution in [2.24, 2.45) is 0 Å². The molecular formula is C8H11OS+. The first-order valence-electron chi connectivity index (χ1n) is 3.57. The average Bonchev–Trinajstić information content (AvgIpc) is 2.39. The summed E-state index contributed by atoms with van der Waals surface area (Å²) < 4.78 is 10.6. The maximum absolute atomic E-state index is 10.7. The molecule has 1 saturated carbocycles. The number of rotatable bonds is 2.